The summed E-state index contributed by atoms with van der Waals surface area (Å²) in [6.07, 6.45) is 1.97. The molecule has 0 aliphatic carbocycles. The van der Waals surface area contributed by atoms with Crippen LogP contribution in [-0.2, 0) is 32.6 Å². The van der Waals surface area contributed by atoms with Crippen LogP contribution in [0.1, 0.15) is 48.9 Å². The summed E-state index contributed by atoms with van der Waals surface area (Å²) in [4.78, 5) is 29.1. The maximum Gasteiger partial charge on any atom is 0.243 e. The van der Waals surface area contributed by atoms with Crippen LogP contribution in [0.2, 0.25) is 0 Å². The molecular weight excluding hydrogens is 534 g/mol. The predicted molar refractivity (Wildman–Crippen MR) is 166 cm³/mol. The van der Waals surface area contributed by atoms with Gasteiger partial charge in [0.15, 0.2) is 0 Å². The lowest BCUT2D eigenvalue weighted by molar-refractivity contribution is -0.141. The number of anilines is 1. The van der Waals surface area contributed by atoms with Gasteiger partial charge >= 0.3 is 0 Å². The second kappa shape index (κ2) is 14.8. The molecule has 1 N–H and O–H groups in total. The molecule has 8 heteroatoms. The zero-order valence-corrected chi connectivity index (χ0v) is 25.7. The van der Waals surface area contributed by atoms with Crippen LogP contribution in [0, 0.1) is 19.8 Å². The number of amides is 2. The largest absolute Gasteiger partial charge is 0.354 e. The van der Waals surface area contributed by atoms with Crippen molar-refractivity contribution in [2.75, 3.05) is 23.7 Å². The number of sulfonamides is 1. The Labute approximate surface area is 245 Å². The van der Waals surface area contributed by atoms with Crippen LogP contribution in [0.3, 0.4) is 0 Å². The lowest BCUT2D eigenvalue weighted by atomic mass is 10.0. The normalized spacial score (nSPS) is 12.1. The van der Waals surface area contributed by atoms with Crippen molar-refractivity contribution in [3.8, 4) is 0 Å². The van der Waals surface area contributed by atoms with Crippen LogP contribution in [0.5, 0.6) is 0 Å². The molecule has 0 unspecified atom stereocenters. The number of hydrogen-bond acceptors (Lipinski definition) is 4. The Morgan fingerprint density at radius 2 is 1.54 bits per heavy atom. The average Bonchev–Trinajstić information content (AvgIpc) is 2.92. The van der Waals surface area contributed by atoms with Gasteiger partial charge in [-0.25, -0.2) is 8.42 Å². The number of aryl methyl sites for hydroxylation is 2. The number of benzene rings is 3. The minimum Gasteiger partial charge on any atom is -0.354 e. The molecule has 0 saturated heterocycles. The van der Waals surface area contributed by atoms with Gasteiger partial charge in [0, 0.05) is 32.5 Å². The van der Waals surface area contributed by atoms with Crippen LogP contribution in [-0.4, -0.2) is 50.5 Å². The van der Waals surface area contributed by atoms with Gasteiger partial charge in [0.05, 0.1) is 11.9 Å². The van der Waals surface area contributed by atoms with E-state index in [9.17, 15) is 18.0 Å². The summed E-state index contributed by atoms with van der Waals surface area (Å²) in [5, 5.41) is 3.03. The van der Waals surface area contributed by atoms with Gasteiger partial charge in [-0.1, -0.05) is 86.1 Å². The maximum atomic E-state index is 13.9. The fourth-order valence-corrected chi connectivity index (χ4v) is 5.61. The molecule has 0 aliphatic heterocycles. The van der Waals surface area contributed by atoms with E-state index in [2.05, 4.69) is 5.32 Å². The molecule has 0 fully saturated rings. The van der Waals surface area contributed by atoms with Crippen molar-refractivity contribution in [1.82, 2.24) is 10.2 Å². The Hall–Kier alpha value is -3.65. The summed E-state index contributed by atoms with van der Waals surface area (Å²) in [5.74, 6) is -0.120. The van der Waals surface area contributed by atoms with Gasteiger partial charge < -0.3 is 10.2 Å². The third kappa shape index (κ3) is 10.0. The van der Waals surface area contributed by atoms with Crippen molar-refractivity contribution in [2.45, 2.75) is 59.5 Å². The second-order valence-electron chi connectivity index (χ2n) is 11.1. The highest BCUT2D eigenvalue weighted by molar-refractivity contribution is 7.92. The standard InChI is InChI=1S/C33H43N3O4S/c1-25(2)23-34-33(38)31(22-28-12-7-6-8-13-28)35(24-29-18-16-26(3)17-19-29)32(37)15-10-20-36(41(5,39)40)30-14-9-11-27(4)21-30/h6-9,11-14,16-19,21,25,31H,10,15,20,22-24H2,1-5H3,(H,34,38)/t31-/m1/s1. The molecule has 2 amide bonds. The summed E-state index contributed by atoms with van der Waals surface area (Å²) >= 11 is 0. The molecule has 3 rings (SSSR count). The summed E-state index contributed by atoms with van der Waals surface area (Å²) in [6, 6.07) is 24.2. The lowest BCUT2D eigenvalue weighted by Gasteiger charge is -2.32. The lowest BCUT2D eigenvalue weighted by Crippen LogP contribution is -2.51. The fraction of sp³-hybridized carbons (Fsp3) is 0.394. The van der Waals surface area contributed by atoms with Crippen LogP contribution in [0.4, 0.5) is 5.69 Å². The van der Waals surface area contributed by atoms with Crippen molar-refractivity contribution in [2.24, 2.45) is 5.92 Å². The first-order valence-corrected chi connectivity index (χ1v) is 16.0. The van der Waals surface area contributed by atoms with Crippen LogP contribution < -0.4 is 9.62 Å². The number of nitrogens with zero attached hydrogens (tertiary/aromatic N) is 2. The Bertz CT molecular complexity index is 1390. The molecule has 0 spiro atoms. The van der Waals surface area contributed by atoms with Gasteiger partial charge in [0.1, 0.15) is 6.04 Å². The molecule has 7 nitrogen and oxygen atoms in total. The SMILES string of the molecule is Cc1ccc(CN(C(=O)CCCN(c2cccc(C)c2)S(C)(=O)=O)[C@H](Cc2ccccc2)C(=O)NCC(C)C)cc1. The number of hydrogen-bond donors (Lipinski definition) is 1. The quantitative estimate of drug-likeness (QED) is 0.283. The molecule has 220 valence electrons. The molecule has 1 atom stereocenters. The molecule has 0 bridgehead atoms. The van der Waals surface area contributed by atoms with Gasteiger partial charge in [-0.05, 0) is 55.0 Å². The molecule has 0 saturated carbocycles. The van der Waals surface area contributed by atoms with Gasteiger partial charge in [0.25, 0.3) is 0 Å². The van der Waals surface area contributed by atoms with Gasteiger partial charge in [0.2, 0.25) is 21.8 Å². The van der Waals surface area contributed by atoms with Crippen molar-refractivity contribution < 1.29 is 18.0 Å². The number of nitrogens with one attached hydrogen (secondary N) is 1. The molecule has 41 heavy (non-hydrogen) atoms. The Balaban J connectivity index is 1.87. The van der Waals surface area contributed by atoms with Crippen LogP contribution >= 0.6 is 0 Å². The third-order valence-electron chi connectivity index (χ3n) is 6.87. The topological polar surface area (TPSA) is 86.8 Å². The van der Waals surface area contributed by atoms with E-state index in [1.807, 2.05) is 100 Å². The maximum absolute atomic E-state index is 13.9. The monoisotopic (exact) mass is 577 g/mol. The molecular formula is C33H43N3O4S. The van der Waals surface area contributed by atoms with E-state index in [1.54, 1.807) is 11.0 Å². The fourth-order valence-electron chi connectivity index (χ4n) is 4.65. The van der Waals surface area contributed by atoms with Crippen molar-refractivity contribution in [3.63, 3.8) is 0 Å². The number of rotatable bonds is 14. The average molecular weight is 578 g/mol. The highest BCUT2D eigenvalue weighted by atomic mass is 32.2. The zero-order chi connectivity index (χ0) is 30.0. The molecule has 3 aromatic carbocycles. The molecule has 0 aliphatic rings. The smallest absolute Gasteiger partial charge is 0.243 e. The van der Waals surface area contributed by atoms with Crippen LogP contribution in [0.25, 0.3) is 0 Å². The minimum atomic E-state index is -3.55. The van der Waals surface area contributed by atoms with Gasteiger partial charge in [-0.3, -0.25) is 13.9 Å². The third-order valence-corrected chi connectivity index (χ3v) is 8.07. The number of carbonyl (C=O) groups is 2. The van der Waals surface area contributed by atoms with Crippen molar-refractivity contribution >= 4 is 27.5 Å². The van der Waals surface area contributed by atoms with E-state index in [0.717, 1.165) is 22.3 Å². The summed E-state index contributed by atoms with van der Waals surface area (Å²) in [5.41, 5.74) is 4.52. The number of carbonyl (C=O) groups excluding carboxylic acids is 2. The van der Waals surface area contributed by atoms with E-state index in [-0.39, 0.29) is 37.2 Å². The van der Waals surface area contributed by atoms with E-state index in [0.29, 0.717) is 25.1 Å². The highest BCUT2D eigenvalue weighted by Crippen LogP contribution is 2.21. The molecule has 0 heterocycles. The second-order valence-corrected chi connectivity index (χ2v) is 13.0. The van der Waals surface area contributed by atoms with Crippen molar-refractivity contribution in [1.29, 1.82) is 0 Å². The van der Waals surface area contributed by atoms with E-state index in [4.69, 9.17) is 0 Å². The van der Waals surface area contributed by atoms with E-state index in [1.165, 1.54) is 10.6 Å². The van der Waals surface area contributed by atoms with E-state index >= 15 is 0 Å². The van der Waals surface area contributed by atoms with Crippen molar-refractivity contribution in [3.05, 3.63) is 101 Å². The van der Waals surface area contributed by atoms with Gasteiger partial charge in [-0.2, -0.15) is 0 Å². The highest BCUT2D eigenvalue weighted by Gasteiger charge is 2.30. The first-order valence-electron chi connectivity index (χ1n) is 14.1. The minimum absolute atomic E-state index is 0.104. The summed E-state index contributed by atoms with van der Waals surface area (Å²) in [7, 11) is -3.55. The molecule has 0 aromatic heterocycles. The summed E-state index contributed by atoms with van der Waals surface area (Å²) in [6.45, 7) is 8.93. The molecule has 3 aromatic rings. The Kier molecular flexibility index (Phi) is 11.5. The predicted octanol–water partition coefficient (Wildman–Crippen LogP) is 5.26. The summed E-state index contributed by atoms with van der Waals surface area (Å²) < 4.78 is 26.6. The first kappa shape index (κ1) is 31.9. The Morgan fingerprint density at radius 3 is 2.15 bits per heavy atom. The Morgan fingerprint density at radius 1 is 0.854 bits per heavy atom. The van der Waals surface area contributed by atoms with E-state index < -0.39 is 16.1 Å². The van der Waals surface area contributed by atoms with Crippen LogP contribution in [0.15, 0.2) is 78.9 Å². The van der Waals surface area contributed by atoms with Gasteiger partial charge in [-0.15, -0.1) is 0 Å². The first-order chi connectivity index (χ1) is 19.4. The molecule has 0 radical (unpaired) electrons. The zero-order valence-electron chi connectivity index (χ0n) is 24.8.